The Kier molecular flexibility index (Phi) is 4.87. The van der Waals surface area contributed by atoms with E-state index >= 15 is 0 Å². The molecule has 1 saturated heterocycles. The lowest BCUT2D eigenvalue weighted by molar-refractivity contribution is -0.130. The third-order valence-electron chi connectivity index (χ3n) is 4.87. The van der Waals surface area contributed by atoms with Gasteiger partial charge in [-0.25, -0.2) is 0 Å². The number of hydrogen-bond acceptors (Lipinski definition) is 4. The van der Waals surface area contributed by atoms with E-state index in [9.17, 15) is 9.59 Å². The van der Waals surface area contributed by atoms with Crippen LogP contribution in [-0.4, -0.2) is 34.5 Å². The zero-order chi connectivity index (χ0) is 17.3. The molecule has 0 saturated carbocycles. The number of nitrogens with two attached hydrogens (primary N) is 1. The van der Waals surface area contributed by atoms with Crippen LogP contribution in [0, 0.1) is 13.8 Å². The summed E-state index contributed by atoms with van der Waals surface area (Å²) in [6.45, 7) is 5.53. The minimum Gasteiger partial charge on any atom is -0.340 e. The summed E-state index contributed by atoms with van der Waals surface area (Å²) in [5, 5.41) is 0. The van der Waals surface area contributed by atoms with E-state index in [1.807, 2.05) is 36.9 Å². The van der Waals surface area contributed by atoms with Crippen LogP contribution in [0.2, 0.25) is 0 Å². The second-order valence-corrected chi connectivity index (χ2v) is 7.56. The van der Waals surface area contributed by atoms with Crippen molar-refractivity contribution in [1.29, 1.82) is 0 Å². The number of benzene rings is 1. The molecule has 1 amide bonds. The van der Waals surface area contributed by atoms with Crippen LogP contribution in [0.5, 0.6) is 0 Å². The Balaban J connectivity index is 1.63. The first-order valence-electron chi connectivity index (χ1n) is 8.22. The molecule has 1 aromatic heterocycles. The van der Waals surface area contributed by atoms with E-state index in [1.165, 1.54) is 16.9 Å². The van der Waals surface area contributed by atoms with Crippen LogP contribution >= 0.6 is 11.3 Å². The minimum absolute atomic E-state index is 0.0121. The number of likely N-dealkylation sites (tertiary alicyclic amines) is 1. The Morgan fingerprint density at radius 3 is 2.58 bits per heavy atom. The molecular formula is C18H23N3O2S. The average molecular weight is 345 g/mol. The van der Waals surface area contributed by atoms with Crippen LogP contribution in [0.3, 0.4) is 0 Å². The molecule has 0 spiro atoms. The molecule has 0 radical (unpaired) electrons. The quantitative estimate of drug-likeness (QED) is 0.920. The van der Waals surface area contributed by atoms with Gasteiger partial charge in [-0.1, -0.05) is 41.7 Å². The highest BCUT2D eigenvalue weighted by Gasteiger charge is 2.33. The summed E-state index contributed by atoms with van der Waals surface area (Å²) in [4.78, 5) is 27.3. The molecule has 3 rings (SSSR count). The predicted octanol–water partition coefficient (Wildman–Crippen LogP) is 1.87. The number of carbonyl (C=O) groups is 1. The Hall–Kier alpha value is -1.92. The van der Waals surface area contributed by atoms with E-state index < -0.39 is 0 Å². The van der Waals surface area contributed by atoms with Gasteiger partial charge in [0.25, 0.3) is 0 Å². The van der Waals surface area contributed by atoms with Gasteiger partial charge in [0.15, 0.2) is 0 Å². The van der Waals surface area contributed by atoms with Crippen molar-refractivity contribution in [1.82, 2.24) is 9.47 Å². The summed E-state index contributed by atoms with van der Waals surface area (Å²) >= 11 is 1.24. The first kappa shape index (κ1) is 16.9. The highest BCUT2D eigenvalue weighted by molar-refractivity contribution is 7.09. The predicted molar refractivity (Wildman–Crippen MR) is 96.4 cm³/mol. The molecule has 2 N–H and O–H groups in total. The Labute approximate surface area is 145 Å². The number of hydrogen-bond donors (Lipinski definition) is 1. The Morgan fingerprint density at radius 1 is 1.25 bits per heavy atom. The van der Waals surface area contributed by atoms with Crippen LogP contribution in [0.15, 0.2) is 35.1 Å². The van der Waals surface area contributed by atoms with Gasteiger partial charge in [-0.05, 0) is 19.4 Å². The third-order valence-corrected chi connectivity index (χ3v) is 5.87. The monoisotopic (exact) mass is 345 g/mol. The molecule has 0 unspecified atom stereocenters. The van der Waals surface area contributed by atoms with Gasteiger partial charge in [-0.3, -0.25) is 9.59 Å². The molecule has 2 atom stereocenters. The van der Waals surface area contributed by atoms with Crippen LogP contribution in [-0.2, 0) is 11.3 Å². The van der Waals surface area contributed by atoms with E-state index in [-0.39, 0.29) is 22.7 Å². The van der Waals surface area contributed by atoms with E-state index in [1.54, 1.807) is 4.57 Å². The number of aromatic nitrogens is 1. The fourth-order valence-corrected chi connectivity index (χ4v) is 4.16. The topological polar surface area (TPSA) is 68.3 Å². The molecule has 1 aliphatic heterocycles. The smallest absolute Gasteiger partial charge is 0.307 e. The third kappa shape index (κ3) is 3.30. The average Bonchev–Trinajstić information content (AvgIpc) is 3.07. The fourth-order valence-electron chi connectivity index (χ4n) is 3.30. The standard InChI is InChI=1S/C18H23N3O2S/c1-12-13(2)24-18(23)21(12)9-8-17(22)20-10-15(16(19)11-20)14-6-4-3-5-7-14/h3-7,15-16H,8-11,19H2,1-2H3/t15-,16+/m0/s1. The van der Waals surface area contributed by atoms with Gasteiger partial charge < -0.3 is 15.2 Å². The Morgan fingerprint density at radius 2 is 1.96 bits per heavy atom. The highest BCUT2D eigenvalue weighted by atomic mass is 32.1. The molecule has 5 nitrogen and oxygen atoms in total. The number of aryl methyl sites for hydroxylation is 1. The lowest BCUT2D eigenvalue weighted by Crippen LogP contribution is -2.33. The zero-order valence-corrected chi connectivity index (χ0v) is 14.9. The van der Waals surface area contributed by atoms with E-state index in [2.05, 4.69) is 12.1 Å². The molecule has 0 bridgehead atoms. The summed E-state index contributed by atoms with van der Waals surface area (Å²) in [5.74, 6) is 0.252. The van der Waals surface area contributed by atoms with Crippen LogP contribution in [0.4, 0.5) is 0 Å². The van der Waals surface area contributed by atoms with Crippen molar-refractivity contribution in [3.63, 3.8) is 0 Å². The van der Waals surface area contributed by atoms with E-state index in [4.69, 9.17) is 5.73 Å². The van der Waals surface area contributed by atoms with Crippen LogP contribution in [0.25, 0.3) is 0 Å². The first-order chi connectivity index (χ1) is 11.5. The fraction of sp³-hybridized carbons (Fsp3) is 0.444. The maximum atomic E-state index is 12.5. The number of rotatable bonds is 4. The molecule has 1 aliphatic rings. The molecule has 0 aliphatic carbocycles. The number of thiazole rings is 1. The van der Waals surface area contributed by atoms with Crippen LogP contribution in [0.1, 0.15) is 28.5 Å². The van der Waals surface area contributed by atoms with Crippen molar-refractivity contribution < 1.29 is 4.79 Å². The zero-order valence-electron chi connectivity index (χ0n) is 14.1. The molecular weight excluding hydrogens is 322 g/mol. The summed E-state index contributed by atoms with van der Waals surface area (Å²) in [7, 11) is 0. The second kappa shape index (κ2) is 6.91. The normalized spacial score (nSPS) is 20.5. The van der Waals surface area contributed by atoms with Crippen molar-refractivity contribution in [2.75, 3.05) is 13.1 Å². The van der Waals surface area contributed by atoms with Crippen molar-refractivity contribution >= 4 is 17.2 Å². The minimum atomic E-state index is -0.0378. The van der Waals surface area contributed by atoms with Gasteiger partial charge in [0.2, 0.25) is 5.91 Å². The van der Waals surface area contributed by atoms with Gasteiger partial charge in [-0.2, -0.15) is 0 Å². The molecule has 128 valence electrons. The van der Waals surface area contributed by atoms with Gasteiger partial charge in [0.05, 0.1) is 0 Å². The molecule has 2 heterocycles. The lowest BCUT2D eigenvalue weighted by Gasteiger charge is -2.17. The SMILES string of the molecule is Cc1sc(=O)n(CCC(=O)N2C[C@@H](N)[C@H](c3ccccc3)C2)c1C. The largest absolute Gasteiger partial charge is 0.340 e. The van der Waals surface area contributed by atoms with Crippen molar-refractivity contribution in [3.05, 3.63) is 56.1 Å². The maximum absolute atomic E-state index is 12.5. The van der Waals surface area contributed by atoms with Gasteiger partial charge in [0.1, 0.15) is 0 Å². The number of amides is 1. The molecule has 6 heteroatoms. The number of nitrogens with zero attached hydrogens (tertiary/aromatic N) is 2. The molecule has 2 aromatic rings. The van der Waals surface area contributed by atoms with Crippen molar-refractivity contribution in [3.8, 4) is 0 Å². The van der Waals surface area contributed by atoms with Gasteiger partial charge in [0, 0.05) is 48.6 Å². The summed E-state index contributed by atoms with van der Waals surface area (Å²) in [6, 6.07) is 10.1. The van der Waals surface area contributed by atoms with E-state index in [0.717, 1.165) is 10.6 Å². The molecule has 24 heavy (non-hydrogen) atoms. The van der Waals surface area contributed by atoms with Gasteiger partial charge >= 0.3 is 4.87 Å². The first-order valence-corrected chi connectivity index (χ1v) is 9.04. The van der Waals surface area contributed by atoms with Crippen LogP contribution < -0.4 is 10.6 Å². The summed E-state index contributed by atoms with van der Waals surface area (Å²) in [5.41, 5.74) is 8.39. The molecule has 1 aromatic carbocycles. The summed E-state index contributed by atoms with van der Waals surface area (Å²) in [6.07, 6.45) is 0.338. The maximum Gasteiger partial charge on any atom is 0.307 e. The number of carbonyl (C=O) groups excluding carboxylic acids is 1. The van der Waals surface area contributed by atoms with Crippen molar-refractivity contribution in [2.45, 2.75) is 38.8 Å². The van der Waals surface area contributed by atoms with E-state index in [0.29, 0.717) is 26.1 Å². The Bertz CT molecular complexity index is 781. The summed E-state index contributed by atoms with van der Waals surface area (Å²) < 4.78 is 1.70. The lowest BCUT2D eigenvalue weighted by atomic mass is 9.95. The van der Waals surface area contributed by atoms with Crippen molar-refractivity contribution in [2.24, 2.45) is 5.73 Å². The van der Waals surface area contributed by atoms with Gasteiger partial charge in [-0.15, -0.1) is 0 Å². The molecule has 1 fully saturated rings. The second-order valence-electron chi connectivity index (χ2n) is 6.39. The highest BCUT2D eigenvalue weighted by Crippen LogP contribution is 2.26.